The summed E-state index contributed by atoms with van der Waals surface area (Å²) in [6.45, 7) is 5.46. The van der Waals surface area contributed by atoms with Gasteiger partial charge in [0.15, 0.2) is 0 Å². The van der Waals surface area contributed by atoms with Crippen LogP contribution in [-0.4, -0.2) is 57.7 Å². The lowest BCUT2D eigenvalue weighted by Gasteiger charge is -2.32. The topological polar surface area (TPSA) is 49.9 Å². The van der Waals surface area contributed by atoms with Gasteiger partial charge < -0.3 is 4.90 Å². The van der Waals surface area contributed by atoms with Crippen molar-refractivity contribution in [1.82, 2.24) is 9.80 Å². The Hall–Kier alpha value is -0.950. The Morgan fingerprint density at radius 2 is 1.60 bits per heavy atom. The first-order valence-corrected chi connectivity index (χ1v) is 8.57. The van der Waals surface area contributed by atoms with E-state index in [4.69, 9.17) is 4.18 Å². The second-order valence-electron chi connectivity index (χ2n) is 5.36. The molecule has 0 bridgehead atoms. The third kappa shape index (κ3) is 5.20. The summed E-state index contributed by atoms with van der Waals surface area (Å²) >= 11 is 0. The summed E-state index contributed by atoms with van der Waals surface area (Å²) in [5, 5.41) is 0. The highest BCUT2D eigenvalue weighted by molar-refractivity contribution is 7.85. The maximum Gasteiger partial charge on any atom is 0.264 e. The summed E-state index contributed by atoms with van der Waals surface area (Å²) < 4.78 is 26.6. The van der Waals surface area contributed by atoms with Gasteiger partial charge in [0, 0.05) is 32.7 Å². The SMILES string of the molecule is CN1CCN(Cc2ccc(COS(C)(=O)=O)cc2)CC1. The van der Waals surface area contributed by atoms with Crippen molar-refractivity contribution in [2.45, 2.75) is 13.2 Å². The largest absolute Gasteiger partial charge is 0.304 e. The first-order valence-electron chi connectivity index (χ1n) is 6.75. The van der Waals surface area contributed by atoms with Gasteiger partial charge in [-0.2, -0.15) is 8.42 Å². The Balaban J connectivity index is 1.85. The third-order valence-corrected chi connectivity index (χ3v) is 4.01. The lowest BCUT2D eigenvalue weighted by molar-refractivity contribution is 0.148. The van der Waals surface area contributed by atoms with Gasteiger partial charge in [0.05, 0.1) is 12.9 Å². The van der Waals surface area contributed by atoms with Crippen molar-refractivity contribution in [1.29, 1.82) is 0 Å². The minimum atomic E-state index is -3.37. The Labute approximate surface area is 121 Å². The van der Waals surface area contributed by atoms with E-state index in [-0.39, 0.29) is 6.61 Å². The van der Waals surface area contributed by atoms with Crippen LogP contribution in [0.1, 0.15) is 11.1 Å². The lowest BCUT2D eigenvalue weighted by Crippen LogP contribution is -2.43. The van der Waals surface area contributed by atoms with Gasteiger partial charge in [-0.25, -0.2) is 0 Å². The molecule has 0 aliphatic carbocycles. The number of rotatable bonds is 5. The molecule has 0 unspecified atom stereocenters. The van der Waals surface area contributed by atoms with Gasteiger partial charge in [0.1, 0.15) is 0 Å². The number of piperazine rings is 1. The molecular formula is C14H22N2O3S. The molecular weight excluding hydrogens is 276 g/mol. The molecule has 0 atom stereocenters. The Morgan fingerprint density at radius 1 is 1.05 bits per heavy atom. The average molecular weight is 298 g/mol. The van der Waals surface area contributed by atoms with E-state index in [2.05, 4.69) is 16.8 Å². The molecule has 0 amide bonds. The third-order valence-electron chi connectivity index (χ3n) is 3.46. The zero-order valence-corrected chi connectivity index (χ0v) is 12.9. The van der Waals surface area contributed by atoms with E-state index in [1.54, 1.807) is 0 Å². The van der Waals surface area contributed by atoms with Crippen molar-refractivity contribution in [3.8, 4) is 0 Å². The summed E-state index contributed by atoms with van der Waals surface area (Å²) in [6, 6.07) is 7.94. The van der Waals surface area contributed by atoms with Gasteiger partial charge in [-0.3, -0.25) is 9.08 Å². The van der Waals surface area contributed by atoms with Crippen LogP contribution in [0.2, 0.25) is 0 Å². The maximum atomic E-state index is 10.9. The standard InChI is InChI=1S/C14H22N2O3S/c1-15-7-9-16(10-8-15)11-13-3-5-14(6-4-13)12-19-20(2,17)18/h3-6H,7-12H2,1-2H3. The summed E-state index contributed by atoms with van der Waals surface area (Å²) in [7, 11) is -1.23. The summed E-state index contributed by atoms with van der Waals surface area (Å²) in [6.07, 6.45) is 1.06. The molecule has 0 aromatic heterocycles. The summed E-state index contributed by atoms with van der Waals surface area (Å²) in [4.78, 5) is 4.77. The van der Waals surface area contributed by atoms with Gasteiger partial charge in [-0.15, -0.1) is 0 Å². The van der Waals surface area contributed by atoms with Crippen LogP contribution >= 0.6 is 0 Å². The highest BCUT2D eigenvalue weighted by Gasteiger charge is 2.13. The summed E-state index contributed by atoms with van der Waals surface area (Å²) in [5.41, 5.74) is 2.12. The van der Waals surface area contributed by atoms with Crippen molar-refractivity contribution in [3.63, 3.8) is 0 Å². The normalized spacial score (nSPS) is 18.3. The van der Waals surface area contributed by atoms with Crippen molar-refractivity contribution in [3.05, 3.63) is 35.4 Å². The lowest BCUT2D eigenvalue weighted by atomic mass is 10.1. The molecule has 0 radical (unpaired) electrons. The summed E-state index contributed by atoms with van der Waals surface area (Å²) in [5.74, 6) is 0. The number of hydrogen-bond donors (Lipinski definition) is 0. The molecule has 1 saturated heterocycles. The van der Waals surface area contributed by atoms with Crippen LogP contribution in [0.5, 0.6) is 0 Å². The Morgan fingerprint density at radius 3 is 2.15 bits per heavy atom. The zero-order chi connectivity index (χ0) is 14.6. The first kappa shape index (κ1) is 15.4. The fourth-order valence-corrected chi connectivity index (χ4v) is 2.53. The van der Waals surface area contributed by atoms with Crippen LogP contribution in [0.15, 0.2) is 24.3 Å². The first-order chi connectivity index (χ1) is 9.42. The van der Waals surface area contributed by atoms with Crippen LogP contribution < -0.4 is 0 Å². The minimum absolute atomic E-state index is 0.105. The van der Waals surface area contributed by atoms with Gasteiger partial charge in [0.25, 0.3) is 10.1 Å². The van der Waals surface area contributed by atoms with Crippen LogP contribution in [0.25, 0.3) is 0 Å². The van der Waals surface area contributed by atoms with Crippen LogP contribution in [-0.2, 0) is 27.5 Å². The van der Waals surface area contributed by atoms with E-state index >= 15 is 0 Å². The molecule has 1 aliphatic heterocycles. The van der Waals surface area contributed by atoms with Gasteiger partial charge >= 0.3 is 0 Å². The van der Waals surface area contributed by atoms with Gasteiger partial charge in [-0.1, -0.05) is 24.3 Å². The predicted molar refractivity (Wildman–Crippen MR) is 78.8 cm³/mol. The molecule has 1 aliphatic rings. The minimum Gasteiger partial charge on any atom is -0.304 e. The molecule has 0 saturated carbocycles. The van der Waals surface area contributed by atoms with Crippen molar-refractivity contribution >= 4 is 10.1 Å². The van der Waals surface area contributed by atoms with Crippen molar-refractivity contribution in [2.24, 2.45) is 0 Å². The van der Waals surface area contributed by atoms with Crippen LogP contribution in [0.3, 0.4) is 0 Å². The highest BCUT2D eigenvalue weighted by Crippen LogP contribution is 2.11. The Kier molecular flexibility index (Phi) is 5.15. The molecule has 5 nitrogen and oxygen atoms in total. The molecule has 6 heteroatoms. The van der Waals surface area contributed by atoms with Crippen LogP contribution in [0.4, 0.5) is 0 Å². The Bertz CT molecular complexity index is 520. The monoisotopic (exact) mass is 298 g/mol. The second kappa shape index (κ2) is 6.67. The molecule has 20 heavy (non-hydrogen) atoms. The molecule has 1 heterocycles. The molecule has 1 aromatic rings. The van der Waals surface area contributed by atoms with E-state index < -0.39 is 10.1 Å². The number of nitrogens with zero attached hydrogens (tertiary/aromatic N) is 2. The molecule has 2 rings (SSSR count). The molecule has 0 N–H and O–H groups in total. The molecule has 1 fully saturated rings. The quantitative estimate of drug-likeness (QED) is 0.756. The second-order valence-corrected chi connectivity index (χ2v) is 7.01. The van der Waals surface area contributed by atoms with E-state index in [0.717, 1.165) is 44.5 Å². The highest BCUT2D eigenvalue weighted by atomic mass is 32.2. The van der Waals surface area contributed by atoms with Gasteiger partial charge in [-0.05, 0) is 18.2 Å². The van der Waals surface area contributed by atoms with E-state index in [0.29, 0.717) is 0 Å². The maximum absolute atomic E-state index is 10.9. The fourth-order valence-electron chi connectivity index (χ4n) is 2.18. The number of hydrogen-bond acceptors (Lipinski definition) is 5. The number of likely N-dealkylation sites (N-methyl/N-ethyl adjacent to an activating group) is 1. The molecule has 0 spiro atoms. The molecule has 112 valence electrons. The van der Waals surface area contributed by atoms with E-state index in [1.807, 2.05) is 24.3 Å². The zero-order valence-electron chi connectivity index (χ0n) is 12.1. The van der Waals surface area contributed by atoms with Gasteiger partial charge in [0.2, 0.25) is 0 Å². The van der Waals surface area contributed by atoms with E-state index in [1.165, 1.54) is 5.56 Å². The fraction of sp³-hybridized carbons (Fsp3) is 0.571. The van der Waals surface area contributed by atoms with E-state index in [9.17, 15) is 8.42 Å². The molecule has 1 aromatic carbocycles. The smallest absolute Gasteiger partial charge is 0.264 e. The van der Waals surface area contributed by atoms with Crippen LogP contribution in [0, 0.1) is 0 Å². The van der Waals surface area contributed by atoms with Crippen molar-refractivity contribution < 1.29 is 12.6 Å². The average Bonchev–Trinajstić information content (AvgIpc) is 2.40. The predicted octanol–water partition coefficient (Wildman–Crippen LogP) is 0.910. The number of benzene rings is 1. The van der Waals surface area contributed by atoms with Crippen molar-refractivity contribution in [2.75, 3.05) is 39.5 Å².